The molecule has 1 heterocycles. The number of rotatable bonds is 9. The van der Waals surface area contributed by atoms with Gasteiger partial charge in [0.15, 0.2) is 6.10 Å². The molecule has 6 heteroatoms. The molecule has 3 rings (SSSR count). The first-order valence-electron chi connectivity index (χ1n) is 10.9. The molecular weight excluding hydrogens is 392 g/mol. The Hall–Kier alpha value is -2.86. The molecule has 0 saturated carbocycles. The molecule has 0 radical (unpaired) electrons. The van der Waals surface area contributed by atoms with E-state index in [1.165, 1.54) is 5.56 Å². The molecule has 166 valence electrons. The van der Waals surface area contributed by atoms with Crippen LogP contribution in [0.5, 0.6) is 5.75 Å². The summed E-state index contributed by atoms with van der Waals surface area (Å²) in [7, 11) is 1.61. The minimum Gasteiger partial charge on any atom is -0.481 e. The van der Waals surface area contributed by atoms with Gasteiger partial charge in [0, 0.05) is 32.3 Å². The van der Waals surface area contributed by atoms with Crippen LogP contribution in [-0.4, -0.2) is 56.2 Å². The van der Waals surface area contributed by atoms with Gasteiger partial charge in [0.05, 0.1) is 6.61 Å². The molecule has 2 aromatic carbocycles. The van der Waals surface area contributed by atoms with Gasteiger partial charge in [-0.1, -0.05) is 30.3 Å². The Kier molecular flexibility index (Phi) is 8.47. The zero-order valence-electron chi connectivity index (χ0n) is 18.4. The Morgan fingerprint density at radius 3 is 2.39 bits per heavy atom. The maximum atomic E-state index is 12.7. The van der Waals surface area contributed by atoms with Crippen molar-refractivity contribution in [3.8, 4) is 5.75 Å². The summed E-state index contributed by atoms with van der Waals surface area (Å²) < 4.78 is 10.7. The lowest BCUT2D eigenvalue weighted by Gasteiger charge is -2.33. The van der Waals surface area contributed by atoms with Gasteiger partial charge in [-0.3, -0.25) is 9.59 Å². The number of methoxy groups -OCH3 is 1. The van der Waals surface area contributed by atoms with E-state index in [4.69, 9.17) is 9.47 Å². The Labute approximate surface area is 184 Å². The molecule has 31 heavy (non-hydrogen) atoms. The average Bonchev–Trinajstić information content (AvgIpc) is 2.80. The van der Waals surface area contributed by atoms with Crippen LogP contribution in [0.3, 0.4) is 0 Å². The Morgan fingerprint density at radius 2 is 1.74 bits per heavy atom. The monoisotopic (exact) mass is 424 g/mol. The topological polar surface area (TPSA) is 67.9 Å². The number of ether oxygens (including phenoxy) is 2. The number of hydrogen-bond acceptors (Lipinski definition) is 4. The maximum absolute atomic E-state index is 12.7. The van der Waals surface area contributed by atoms with Crippen molar-refractivity contribution < 1.29 is 19.1 Å². The second-order valence-electron chi connectivity index (χ2n) is 7.99. The van der Waals surface area contributed by atoms with Crippen molar-refractivity contribution >= 4 is 11.8 Å². The van der Waals surface area contributed by atoms with Gasteiger partial charge in [-0.2, -0.15) is 0 Å². The maximum Gasteiger partial charge on any atom is 0.263 e. The molecule has 2 aromatic rings. The lowest BCUT2D eigenvalue weighted by atomic mass is 9.89. The van der Waals surface area contributed by atoms with Crippen LogP contribution in [0, 0.1) is 5.92 Å². The van der Waals surface area contributed by atoms with E-state index in [-0.39, 0.29) is 11.8 Å². The molecule has 1 aliphatic rings. The SMILES string of the molecule is COCCNC(=O)c1ccc(CC2CCN(C(=O)C(C)Oc3ccccc3)CC2)cc1. The Morgan fingerprint density at radius 1 is 1.06 bits per heavy atom. The number of carbonyl (C=O) groups is 2. The van der Waals surface area contributed by atoms with Crippen molar-refractivity contribution in [3.05, 3.63) is 65.7 Å². The highest BCUT2D eigenvalue weighted by molar-refractivity contribution is 5.94. The second-order valence-corrected chi connectivity index (χ2v) is 7.99. The molecular formula is C25H32N2O4. The van der Waals surface area contributed by atoms with Gasteiger partial charge in [0.1, 0.15) is 5.75 Å². The first kappa shape index (κ1) is 22.8. The lowest BCUT2D eigenvalue weighted by Crippen LogP contribution is -2.45. The van der Waals surface area contributed by atoms with E-state index in [1.807, 2.05) is 66.4 Å². The highest BCUT2D eigenvalue weighted by atomic mass is 16.5. The molecule has 0 aromatic heterocycles. The highest BCUT2D eigenvalue weighted by Crippen LogP contribution is 2.23. The molecule has 1 saturated heterocycles. The van der Waals surface area contributed by atoms with Crippen LogP contribution >= 0.6 is 0 Å². The van der Waals surface area contributed by atoms with E-state index in [0.717, 1.165) is 32.4 Å². The quantitative estimate of drug-likeness (QED) is 0.627. The second kappa shape index (κ2) is 11.5. The van der Waals surface area contributed by atoms with Crippen LogP contribution < -0.4 is 10.1 Å². The van der Waals surface area contributed by atoms with Gasteiger partial charge >= 0.3 is 0 Å². The van der Waals surface area contributed by atoms with Crippen LogP contribution in [-0.2, 0) is 16.0 Å². The summed E-state index contributed by atoms with van der Waals surface area (Å²) in [6.45, 7) is 4.33. The minimum absolute atomic E-state index is 0.0474. The zero-order chi connectivity index (χ0) is 22.1. The molecule has 2 amide bonds. The molecule has 0 bridgehead atoms. The molecule has 1 fully saturated rings. The molecule has 0 spiro atoms. The van der Waals surface area contributed by atoms with Gasteiger partial charge < -0.3 is 19.7 Å². The summed E-state index contributed by atoms with van der Waals surface area (Å²) in [4.78, 5) is 26.7. The van der Waals surface area contributed by atoms with Gasteiger partial charge in [-0.15, -0.1) is 0 Å². The van der Waals surface area contributed by atoms with Gasteiger partial charge in [0.25, 0.3) is 11.8 Å². The summed E-state index contributed by atoms with van der Waals surface area (Å²) in [6, 6.07) is 17.3. The third-order valence-corrected chi connectivity index (χ3v) is 5.66. The van der Waals surface area contributed by atoms with E-state index in [0.29, 0.717) is 30.4 Å². The van der Waals surface area contributed by atoms with Gasteiger partial charge in [0.2, 0.25) is 0 Å². The van der Waals surface area contributed by atoms with Crippen LogP contribution in [0.1, 0.15) is 35.7 Å². The summed E-state index contributed by atoms with van der Waals surface area (Å²) >= 11 is 0. The Balaban J connectivity index is 1.43. The van der Waals surface area contributed by atoms with Crippen LogP contribution in [0.15, 0.2) is 54.6 Å². The normalized spacial score (nSPS) is 15.4. The number of carbonyl (C=O) groups excluding carboxylic acids is 2. The standard InChI is InChI=1S/C25H32N2O4/c1-19(31-23-6-4-3-5-7-23)25(29)27-15-12-21(13-16-27)18-20-8-10-22(11-9-20)24(28)26-14-17-30-2/h3-11,19,21H,12-18H2,1-2H3,(H,26,28). The van der Waals surface area contributed by atoms with Crippen molar-refractivity contribution in [2.75, 3.05) is 33.4 Å². The first-order chi connectivity index (χ1) is 15.1. The molecule has 6 nitrogen and oxygen atoms in total. The van der Waals surface area contributed by atoms with Crippen LogP contribution in [0.2, 0.25) is 0 Å². The van der Waals surface area contributed by atoms with E-state index < -0.39 is 6.10 Å². The number of nitrogens with one attached hydrogen (secondary N) is 1. The van der Waals surface area contributed by atoms with E-state index in [9.17, 15) is 9.59 Å². The van der Waals surface area contributed by atoms with Gasteiger partial charge in [-0.05, 0) is 61.9 Å². The number of amides is 2. The van der Waals surface area contributed by atoms with E-state index in [2.05, 4.69) is 5.32 Å². The number of hydrogen-bond donors (Lipinski definition) is 1. The third-order valence-electron chi connectivity index (χ3n) is 5.66. The number of likely N-dealkylation sites (tertiary alicyclic amines) is 1. The fourth-order valence-corrected chi connectivity index (χ4v) is 3.86. The summed E-state index contributed by atoms with van der Waals surface area (Å²) in [5.41, 5.74) is 1.88. The number of para-hydroxylation sites is 1. The molecule has 1 atom stereocenters. The van der Waals surface area contributed by atoms with Crippen molar-refractivity contribution in [1.29, 1.82) is 0 Å². The van der Waals surface area contributed by atoms with Crippen molar-refractivity contribution in [1.82, 2.24) is 10.2 Å². The minimum atomic E-state index is -0.485. The number of nitrogens with zero attached hydrogens (tertiary/aromatic N) is 1. The van der Waals surface area contributed by atoms with Gasteiger partial charge in [-0.25, -0.2) is 0 Å². The van der Waals surface area contributed by atoms with Crippen LogP contribution in [0.4, 0.5) is 0 Å². The Bertz CT molecular complexity index is 830. The largest absolute Gasteiger partial charge is 0.481 e. The summed E-state index contributed by atoms with van der Waals surface area (Å²) in [5.74, 6) is 1.22. The lowest BCUT2D eigenvalue weighted by molar-refractivity contribution is -0.139. The molecule has 1 N–H and O–H groups in total. The average molecular weight is 425 g/mol. The van der Waals surface area contributed by atoms with Crippen molar-refractivity contribution in [2.45, 2.75) is 32.3 Å². The van der Waals surface area contributed by atoms with E-state index >= 15 is 0 Å². The predicted molar refractivity (Wildman–Crippen MR) is 120 cm³/mol. The number of piperidine rings is 1. The number of benzene rings is 2. The highest BCUT2D eigenvalue weighted by Gasteiger charge is 2.27. The summed E-state index contributed by atoms with van der Waals surface area (Å²) in [5, 5.41) is 2.83. The fraction of sp³-hybridized carbons (Fsp3) is 0.440. The molecule has 1 aliphatic heterocycles. The summed E-state index contributed by atoms with van der Waals surface area (Å²) in [6.07, 6.45) is 2.43. The smallest absolute Gasteiger partial charge is 0.263 e. The molecule has 0 aliphatic carbocycles. The fourth-order valence-electron chi connectivity index (χ4n) is 3.86. The van der Waals surface area contributed by atoms with Crippen molar-refractivity contribution in [2.24, 2.45) is 5.92 Å². The zero-order valence-corrected chi connectivity index (χ0v) is 18.4. The third kappa shape index (κ3) is 6.82. The molecule has 1 unspecified atom stereocenters. The van der Waals surface area contributed by atoms with Crippen molar-refractivity contribution in [3.63, 3.8) is 0 Å². The first-order valence-corrected chi connectivity index (χ1v) is 10.9. The van der Waals surface area contributed by atoms with Crippen LogP contribution in [0.25, 0.3) is 0 Å². The predicted octanol–water partition coefficient (Wildman–Crippen LogP) is 3.31. The van der Waals surface area contributed by atoms with E-state index in [1.54, 1.807) is 7.11 Å².